The minimum atomic E-state index is -4.74. The molecule has 0 aromatic heterocycles. The molecule has 2 aromatic carbocycles. The molecule has 2 aromatic rings. The van der Waals surface area contributed by atoms with Gasteiger partial charge in [0.15, 0.2) is 0 Å². The molecule has 0 spiro atoms. The number of ether oxygens (including phenoxy) is 3. The summed E-state index contributed by atoms with van der Waals surface area (Å²) in [7, 11) is 1.43. The normalized spacial score (nSPS) is 11.0. The average Bonchev–Trinajstić information content (AvgIpc) is 2.53. The third-order valence-electron chi connectivity index (χ3n) is 3.12. The van der Waals surface area contributed by atoms with E-state index in [-0.39, 0.29) is 17.9 Å². The fourth-order valence-corrected chi connectivity index (χ4v) is 2.10. The number of carbonyl (C=O) groups is 1. The summed E-state index contributed by atoms with van der Waals surface area (Å²) in [5.41, 5.74) is 1.50. The van der Waals surface area contributed by atoms with E-state index in [9.17, 15) is 18.0 Å². The molecule has 0 radical (unpaired) electrons. The molecule has 0 N–H and O–H groups in total. The van der Waals surface area contributed by atoms with E-state index in [1.807, 2.05) is 0 Å². The van der Waals surface area contributed by atoms with Crippen LogP contribution in [0.4, 0.5) is 13.2 Å². The standard InChI is InChI=1S/C17H15F3O4/c1-3-23-16(21)14-10-12(6-9-15(14)22-2)11-4-7-13(8-5-11)24-17(18,19)20/h4-10H,3H2,1-2H3. The molecule has 2 rings (SSSR count). The number of alkyl halides is 3. The van der Waals surface area contributed by atoms with Crippen LogP contribution in [-0.4, -0.2) is 26.0 Å². The number of benzene rings is 2. The molecule has 0 unspecified atom stereocenters. The van der Waals surface area contributed by atoms with E-state index >= 15 is 0 Å². The zero-order chi connectivity index (χ0) is 17.7. The van der Waals surface area contributed by atoms with Gasteiger partial charge in [0.2, 0.25) is 0 Å². The molecular formula is C17H15F3O4. The van der Waals surface area contributed by atoms with Crippen LogP contribution in [0, 0.1) is 0 Å². The average molecular weight is 340 g/mol. The maximum Gasteiger partial charge on any atom is 0.573 e. The van der Waals surface area contributed by atoms with E-state index < -0.39 is 12.3 Å². The molecule has 0 saturated heterocycles. The summed E-state index contributed by atoms with van der Waals surface area (Å²) in [5.74, 6) is -0.493. The molecule has 0 amide bonds. The van der Waals surface area contributed by atoms with Gasteiger partial charge in [-0.05, 0) is 42.3 Å². The van der Waals surface area contributed by atoms with E-state index in [2.05, 4.69) is 4.74 Å². The first-order valence-corrected chi connectivity index (χ1v) is 7.05. The smallest absolute Gasteiger partial charge is 0.496 e. The summed E-state index contributed by atoms with van der Waals surface area (Å²) >= 11 is 0. The van der Waals surface area contributed by atoms with Gasteiger partial charge in [-0.15, -0.1) is 13.2 Å². The highest BCUT2D eigenvalue weighted by molar-refractivity contribution is 5.94. The van der Waals surface area contributed by atoms with Gasteiger partial charge in [-0.2, -0.15) is 0 Å². The first kappa shape index (κ1) is 17.7. The first-order chi connectivity index (χ1) is 11.3. The Hall–Kier alpha value is -2.70. The van der Waals surface area contributed by atoms with Crippen molar-refractivity contribution in [2.24, 2.45) is 0 Å². The maximum absolute atomic E-state index is 12.2. The first-order valence-electron chi connectivity index (χ1n) is 7.05. The number of hydrogen-bond donors (Lipinski definition) is 0. The molecule has 7 heteroatoms. The van der Waals surface area contributed by atoms with Crippen LogP contribution in [0.25, 0.3) is 11.1 Å². The predicted molar refractivity (Wildman–Crippen MR) is 81.1 cm³/mol. The van der Waals surface area contributed by atoms with Gasteiger partial charge in [0.05, 0.1) is 13.7 Å². The van der Waals surface area contributed by atoms with Crippen LogP contribution in [0.15, 0.2) is 42.5 Å². The van der Waals surface area contributed by atoms with Crippen molar-refractivity contribution in [2.45, 2.75) is 13.3 Å². The van der Waals surface area contributed by atoms with Crippen LogP contribution in [0.3, 0.4) is 0 Å². The second-order valence-electron chi connectivity index (χ2n) is 4.71. The molecule has 0 heterocycles. The SMILES string of the molecule is CCOC(=O)c1cc(-c2ccc(OC(F)(F)F)cc2)ccc1OC. The van der Waals surface area contributed by atoms with Crippen LogP contribution in [-0.2, 0) is 4.74 Å². The zero-order valence-corrected chi connectivity index (χ0v) is 13.0. The quantitative estimate of drug-likeness (QED) is 0.755. The number of rotatable bonds is 5. The van der Waals surface area contributed by atoms with Crippen LogP contribution in [0.2, 0.25) is 0 Å². The van der Waals surface area contributed by atoms with E-state index in [4.69, 9.17) is 9.47 Å². The fraction of sp³-hybridized carbons (Fsp3) is 0.235. The highest BCUT2D eigenvalue weighted by Gasteiger charge is 2.31. The molecule has 0 aliphatic carbocycles. The van der Waals surface area contributed by atoms with Gasteiger partial charge >= 0.3 is 12.3 Å². The summed E-state index contributed by atoms with van der Waals surface area (Å²) in [4.78, 5) is 12.0. The molecule has 0 aliphatic heterocycles. The monoisotopic (exact) mass is 340 g/mol. The number of esters is 1. The predicted octanol–water partition coefficient (Wildman–Crippen LogP) is 4.44. The summed E-state index contributed by atoms with van der Waals surface area (Å²) in [6, 6.07) is 10.2. The Morgan fingerprint density at radius 1 is 1.04 bits per heavy atom. The summed E-state index contributed by atoms with van der Waals surface area (Å²) < 4.78 is 50.5. The molecule has 0 atom stereocenters. The minimum absolute atomic E-state index is 0.218. The van der Waals surface area contributed by atoms with Gasteiger partial charge in [-0.25, -0.2) is 4.79 Å². The van der Waals surface area contributed by atoms with Crippen molar-refractivity contribution >= 4 is 5.97 Å². The lowest BCUT2D eigenvalue weighted by Crippen LogP contribution is -2.16. The largest absolute Gasteiger partial charge is 0.573 e. The molecule has 0 bridgehead atoms. The molecule has 24 heavy (non-hydrogen) atoms. The number of methoxy groups -OCH3 is 1. The van der Waals surface area contributed by atoms with Crippen molar-refractivity contribution in [3.8, 4) is 22.6 Å². The van der Waals surface area contributed by atoms with Crippen molar-refractivity contribution < 1.29 is 32.2 Å². The minimum Gasteiger partial charge on any atom is -0.496 e. The van der Waals surface area contributed by atoms with Gasteiger partial charge in [0, 0.05) is 0 Å². The molecule has 0 aliphatic rings. The third kappa shape index (κ3) is 4.41. The van der Waals surface area contributed by atoms with Gasteiger partial charge < -0.3 is 14.2 Å². The van der Waals surface area contributed by atoms with Crippen LogP contribution < -0.4 is 9.47 Å². The van der Waals surface area contributed by atoms with E-state index in [1.54, 1.807) is 25.1 Å². The lowest BCUT2D eigenvalue weighted by molar-refractivity contribution is -0.274. The Balaban J connectivity index is 2.31. The van der Waals surface area contributed by atoms with E-state index in [0.717, 1.165) is 0 Å². The molecular weight excluding hydrogens is 325 g/mol. The lowest BCUT2D eigenvalue weighted by Gasteiger charge is -2.11. The summed E-state index contributed by atoms with van der Waals surface area (Å²) in [5, 5.41) is 0. The van der Waals surface area contributed by atoms with Crippen LogP contribution in [0.1, 0.15) is 17.3 Å². The maximum atomic E-state index is 12.2. The van der Waals surface area contributed by atoms with Gasteiger partial charge in [0.1, 0.15) is 17.1 Å². The number of hydrogen-bond acceptors (Lipinski definition) is 4. The van der Waals surface area contributed by atoms with Gasteiger partial charge in [0.25, 0.3) is 0 Å². The highest BCUT2D eigenvalue weighted by atomic mass is 19.4. The zero-order valence-electron chi connectivity index (χ0n) is 13.0. The Kier molecular flexibility index (Phi) is 5.33. The number of halogens is 3. The summed E-state index contributed by atoms with van der Waals surface area (Å²) in [6.07, 6.45) is -4.74. The number of carbonyl (C=O) groups excluding carboxylic acids is 1. The van der Waals surface area contributed by atoms with Crippen molar-refractivity contribution in [2.75, 3.05) is 13.7 Å². The van der Waals surface area contributed by atoms with Crippen LogP contribution >= 0.6 is 0 Å². The molecule has 0 fully saturated rings. The van der Waals surface area contributed by atoms with Crippen molar-refractivity contribution in [3.05, 3.63) is 48.0 Å². The van der Waals surface area contributed by atoms with Crippen molar-refractivity contribution in [1.82, 2.24) is 0 Å². The second-order valence-corrected chi connectivity index (χ2v) is 4.71. The Morgan fingerprint density at radius 3 is 2.21 bits per heavy atom. The van der Waals surface area contributed by atoms with Gasteiger partial charge in [-0.3, -0.25) is 0 Å². The van der Waals surface area contributed by atoms with Crippen LogP contribution in [0.5, 0.6) is 11.5 Å². The Bertz CT molecular complexity index is 709. The fourth-order valence-electron chi connectivity index (χ4n) is 2.10. The topological polar surface area (TPSA) is 44.8 Å². The van der Waals surface area contributed by atoms with Crippen molar-refractivity contribution in [1.29, 1.82) is 0 Å². The third-order valence-corrected chi connectivity index (χ3v) is 3.12. The van der Waals surface area contributed by atoms with Gasteiger partial charge in [-0.1, -0.05) is 18.2 Å². The Labute approximate surface area is 136 Å². The molecule has 128 valence electrons. The second kappa shape index (κ2) is 7.25. The van der Waals surface area contributed by atoms with Crippen molar-refractivity contribution in [3.63, 3.8) is 0 Å². The molecule has 4 nitrogen and oxygen atoms in total. The lowest BCUT2D eigenvalue weighted by atomic mass is 10.0. The summed E-state index contributed by atoms with van der Waals surface area (Å²) in [6.45, 7) is 1.91. The van der Waals surface area contributed by atoms with E-state index in [0.29, 0.717) is 16.9 Å². The van der Waals surface area contributed by atoms with E-state index in [1.165, 1.54) is 31.4 Å². The Morgan fingerprint density at radius 2 is 1.67 bits per heavy atom. The molecule has 0 saturated carbocycles. The highest BCUT2D eigenvalue weighted by Crippen LogP contribution is 2.30.